The van der Waals surface area contributed by atoms with Gasteiger partial charge in [-0.05, 0) is 6.92 Å². The van der Waals surface area contributed by atoms with E-state index in [1.165, 1.54) is 12.4 Å². The van der Waals surface area contributed by atoms with Crippen LogP contribution in [0.3, 0.4) is 0 Å². The van der Waals surface area contributed by atoms with Crippen molar-refractivity contribution in [3.05, 3.63) is 18.1 Å². The Labute approximate surface area is 82.1 Å². The normalized spacial score (nSPS) is 9.29. The molecule has 0 aliphatic rings. The largest absolute Gasteiger partial charge is 0.470 e. The van der Waals surface area contributed by atoms with Gasteiger partial charge in [-0.1, -0.05) is 13.8 Å². The number of hydrogen-bond donors (Lipinski definition) is 0. The maximum Gasteiger partial charge on any atom is 0.272 e. The molecule has 14 heavy (non-hydrogen) atoms. The Bertz CT molecular complexity index is 239. The molecule has 0 saturated heterocycles. The highest BCUT2D eigenvalue weighted by Gasteiger charge is 2.03. The van der Waals surface area contributed by atoms with Crippen LogP contribution in [-0.4, -0.2) is 23.0 Å². The minimum atomic E-state index is -2.48. The van der Waals surface area contributed by atoms with E-state index >= 15 is 0 Å². The molecule has 0 radical (unpaired) electrons. The van der Waals surface area contributed by atoms with Crippen LogP contribution in [0.5, 0.6) is 5.88 Å². The lowest BCUT2D eigenvalue weighted by molar-refractivity contribution is 0.0793. The van der Waals surface area contributed by atoms with Gasteiger partial charge in [0.2, 0.25) is 5.88 Å². The van der Waals surface area contributed by atoms with E-state index in [-0.39, 0.29) is 5.88 Å². The molecular formula is C9H14F2N2O. The van der Waals surface area contributed by atoms with Crippen LogP contribution in [0.25, 0.3) is 0 Å². The monoisotopic (exact) mass is 204 g/mol. The van der Waals surface area contributed by atoms with Gasteiger partial charge in [0.05, 0.1) is 18.1 Å². The van der Waals surface area contributed by atoms with E-state index in [9.17, 15) is 8.78 Å². The van der Waals surface area contributed by atoms with Crippen molar-refractivity contribution in [1.29, 1.82) is 0 Å². The number of rotatable bonds is 3. The number of hydrogen-bond acceptors (Lipinski definition) is 3. The smallest absolute Gasteiger partial charge is 0.272 e. The Morgan fingerprint density at radius 2 is 1.93 bits per heavy atom. The van der Waals surface area contributed by atoms with Gasteiger partial charge in [0.1, 0.15) is 0 Å². The van der Waals surface area contributed by atoms with Gasteiger partial charge >= 0.3 is 0 Å². The molecule has 1 heterocycles. The summed E-state index contributed by atoms with van der Waals surface area (Å²) in [5, 5.41) is 0. The van der Waals surface area contributed by atoms with Crippen molar-refractivity contribution in [3.8, 4) is 5.88 Å². The molecule has 0 N–H and O–H groups in total. The fraction of sp³-hybridized carbons (Fsp3) is 0.556. The van der Waals surface area contributed by atoms with Crippen LogP contribution in [0.4, 0.5) is 8.78 Å². The van der Waals surface area contributed by atoms with Crippen LogP contribution in [0.15, 0.2) is 12.4 Å². The predicted octanol–water partition coefficient (Wildman–Crippen LogP) is 2.46. The number of alkyl halides is 2. The Kier molecular flexibility index (Phi) is 6.53. The van der Waals surface area contributed by atoms with Gasteiger partial charge in [0.25, 0.3) is 6.43 Å². The Balaban J connectivity index is 0.000000791. The fourth-order valence-electron chi connectivity index (χ4n) is 0.604. The first kappa shape index (κ1) is 12.7. The molecule has 0 fully saturated rings. The van der Waals surface area contributed by atoms with Crippen LogP contribution in [0, 0.1) is 6.92 Å². The van der Waals surface area contributed by atoms with Crippen molar-refractivity contribution in [2.45, 2.75) is 27.2 Å². The second-order valence-electron chi connectivity index (χ2n) is 2.20. The van der Waals surface area contributed by atoms with Gasteiger partial charge in [-0.2, -0.15) is 0 Å². The Hall–Kier alpha value is -1.26. The van der Waals surface area contributed by atoms with Crippen LogP contribution in [0.1, 0.15) is 19.5 Å². The highest BCUT2D eigenvalue weighted by atomic mass is 19.3. The maximum absolute atomic E-state index is 11.6. The van der Waals surface area contributed by atoms with Gasteiger partial charge in [0, 0.05) is 0 Å². The topological polar surface area (TPSA) is 35.0 Å². The predicted molar refractivity (Wildman–Crippen MR) is 49.6 cm³/mol. The number of nitrogens with zero attached hydrogens (tertiary/aromatic N) is 2. The van der Waals surface area contributed by atoms with Crippen molar-refractivity contribution < 1.29 is 13.5 Å². The number of aromatic nitrogens is 2. The summed E-state index contributed by atoms with van der Waals surface area (Å²) >= 11 is 0. The van der Waals surface area contributed by atoms with E-state index in [0.29, 0.717) is 0 Å². The fourth-order valence-corrected chi connectivity index (χ4v) is 0.604. The quantitative estimate of drug-likeness (QED) is 0.758. The molecule has 0 aromatic carbocycles. The summed E-state index contributed by atoms with van der Waals surface area (Å²) in [5.41, 5.74) is 0.722. The first-order valence-corrected chi connectivity index (χ1v) is 4.38. The lowest BCUT2D eigenvalue weighted by Gasteiger charge is -2.02. The SMILES string of the molecule is CC.Cc1cnc(OCC(F)F)cn1. The molecule has 1 rings (SSSR count). The molecule has 0 amide bonds. The van der Waals surface area contributed by atoms with Gasteiger partial charge in [-0.15, -0.1) is 0 Å². The lowest BCUT2D eigenvalue weighted by Crippen LogP contribution is -2.08. The molecule has 0 unspecified atom stereocenters. The maximum atomic E-state index is 11.6. The zero-order chi connectivity index (χ0) is 11.0. The van der Waals surface area contributed by atoms with E-state index in [1.54, 1.807) is 6.92 Å². The average Bonchev–Trinajstić information content (AvgIpc) is 2.20. The summed E-state index contributed by atoms with van der Waals surface area (Å²) in [6, 6.07) is 0. The summed E-state index contributed by atoms with van der Waals surface area (Å²) in [5.74, 6) is 0.126. The first-order valence-electron chi connectivity index (χ1n) is 4.38. The van der Waals surface area contributed by atoms with E-state index < -0.39 is 13.0 Å². The van der Waals surface area contributed by atoms with E-state index in [0.717, 1.165) is 5.69 Å². The van der Waals surface area contributed by atoms with Crippen molar-refractivity contribution >= 4 is 0 Å². The van der Waals surface area contributed by atoms with E-state index in [1.807, 2.05) is 13.8 Å². The van der Waals surface area contributed by atoms with Crippen LogP contribution in [0.2, 0.25) is 0 Å². The second kappa shape index (κ2) is 7.17. The molecule has 0 aliphatic carbocycles. The molecule has 0 bridgehead atoms. The third-order valence-corrected chi connectivity index (χ3v) is 1.11. The Morgan fingerprint density at radius 3 is 2.36 bits per heavy atom. The molecular weight excluding hydrogens is 190 g/mol. The summed E-state index contributed by atoms with van der Waals surface area (Å²) < 4.78 is 27.9. The third kappa shape index (κ3) is 5.40. The number of ether oxygens (including phenoxy) is 1. The van der Waals surface area contributed by atoms with Crippen molar-refractivity contribution in [1.82, 2.24) is 9.97 Å². The Morgan fingerprint density at radius 1 is 1.29 bits per heavy atom. The highest BCUT2D eigenvalue weighted by Crippen LogP contribution is 2.04. The average molecular weight is 204 g/mol. The van der Waals surface area contributed by atoms with E-state index in [4.69, 9.17) is 0 Å². The van der Waals surface area contributed by atoms with Crippen molar-refractivity contribution in [3.63, 3.8) is 0 Å². The zero-order valence-corrected chi connectivity index (χ0v) is 8.50. The molecule has 80 valence electrons. The molecule has 3 nitrogen and oxygen atoms in total. The van der Waals surface area contributed by atoms with Crippen molar-refractivity contribution in [2.75, 3.05) is 6.61 Å². The van der Waals surface area contributed by atoms with Gasteiger partial charge in [0.15, 0.2) is 6.61 Å². The molecule has 0 aliphatic heterocycles. The van der Waals surface area contributed by atoms with E-state index in [2.05, 4.69) is 14.7 Å². The van der Waals surface area contributed by atoms with Gasteiger partial charge in [-0.25, -0.2) is 13.8 Å². The van der Waals surface area contributed by atoms with Crippen LogP contribution >= 0.6 is 0 Å². The molecule has 1 aromatic heterocycles. The molecule has 0 saturated carbocycles. The minimum Gasteiger partial charge on any atom is -0.470 e. The molecule has 0 atom stereocenters. The van der Waals surface area contributed by atoms with Crippen molar-refractivity contribution in [2.24, 2.45) is 0 Å². The highest BCUT2D eigenvalue weighted by molar-refractivity contribution is 5.05. The van der Waals surface area contributed by atoms with Crippen LogP contribution in [-0.2, 0) is 0 Å². The lowest BCUT2D eigenvalue weighted by atomic mass is 10.5. The second-order valence-corrected chi connectivity index (χ2v) is 2.20. The van der Waals surface area contributed by atoms with Crippen LogP contribution < -0.4 is 4.74 Å². The summed E-state index contributed by atoms with van der Waals surface area (Å²) in [6.07, 6.45) is 0.298. The summed E-state index contributed by atoms with van der Waals surface area (Å²) in [6.45, 7) is 5.11. The van der Waals surface area contributed by atoms with Gasteiger partial charge in [-0.3, -0.25) is 4.98 Å². The standard InChI is InChI=1S/C7H8F2N2O.C2H6/c1-5-2-11-7(3-10-5)12-4-6(8)9;1-2/h2-3,6H,4H2,1H3;1-2H3. The molecule has 1 aromatic rings. The zero-order valence-electron chi connectivity index (χ0n) is 8.50. The summed E-state index contributed by atoms with van der Waals surface area (Å²) in [4.78, 5) is 7.56. The van der Waals surface area contributed by atoms with Gasteiger partial charge < -0.3 is 4.74 Å². The number of aryl methyl sites for hydroxylation is 1. The first-order chi connectivity index (χ1) is 6.68. The minimum absolute atomic E-state index is 0.126. The third-order valence-electron chi connectivity index (χ3n) is 1.11. The number of halogens is 2. The molecule has 5 heteroatoms. The summed E-state index contributed by atoms with van der Waals surface area (Å²) in [7, 11) is 0. The molecule has 0 spiro atoms.